The number of Topliss-reactive ketones (excluding diaryl/α,β-unsaturated/α-hetero) is 1. The second kappa shape index (κ2) is 9.52. The van der Waals surface area contributed by atoms with Crippen LogP contribution in [0.1, 0.15) is 47.8 Å². The highest BCUT2D eigenvalue weighted by atomic mass is 16.5. The zero-order chi connectivity index (χ0) is 22.5. The average Bonchev–Trinajstić information content (AvgIpc) is 2.79. The molecule has 0 unspecified atom stereocenters. The molecule has 4 nitrogen and oxygen atoms in total. The van der Waals surface area contributed by atoms with Crippen LogP contribution in [0.25, 0.3) is 16.8 Å². The molecule has 0 fully saturated rings. The summed E-state index contributed by atoms with van der Waals surface area (Å²) in [5, 5.41) is 3.36. The van der Waals surface area contributed by atoms with E-state index in [1.54, 1.807) is 14.0 Å². The van der Waals surface area contributed by atoms with E-state index in [4.69, 9.17) is 10.5 Å². The number of rotatable bonds is 8. The highest BCUT2D eigenvalue weighted by molar-refractivity contribution is 5.95. The van der Waals surface area contributed by atoms with Crippen molar-refractivity contribution in [3.63, 3.8) is 0 Å². The smallest absolute Gasteiger partial charge is 0.159 e. The lowest BCUT2D eigenvalue weighted by Crippen LogP contribution is -2.04. The normalized spacial score (nSPS) is 10.6. The van der Waals surface area contributed by atoms with Gasteiger partial charge in [-0.05, 0) is 77.9 Å². The molecule has 4 heteroatoms. The number of ether oxygens (including phenoxy) is 1. The largest absolute Gasteiger partial charge is 0.496 e. The van der Waals surface area contributed by atoms with Crippen LogP contribution in [0.5, 0.6) is 5.75 Å². The molecule has 0 aliphatic heterocycles. The Morgan fingerprint density at radius 3 is 2.16 bits per heavy atom. The van der Waals surface area contributed by atoms with Crippen molar-refractivity contribution in [1.82, 2.24) is 0 Å². The number of carbonyl (C=O) groups excluding carboxylic acids is 1. The Morgan fingerprint density at radius 2 is 1.61 bits per heavy atom. The van der Waals surface area contributed by atoms with Gasteiger partial charge < -0.3 is 15.8 Å². The molecular weight excluding hydrogens is 384 g/mol. The molecule has 0 heterocycles. The summed E-state index contributed by atoms with van der Waals surface area (Å²) in [6.45, 7) is 10.0. The van der Waals surface area contributed by atoms with E-state index in [1.165, 1.54) is 0 Å². The fraction of sp³-hybridized carbons (Fsp3) is 0.222. The van der Waals surface area contributed by atoms with Crippen LogP contribution in [-0.4, -0.2) is 12.9 Å². The van der Waals surface area contributed by atoms with E-state index >= 15 is 0 Å². The topological polar surface area (TPSA) is 64.4 Å². The van der Waals surface area contributed by atoms with Crippen LogP contribution in [-0.2, 0) is 12.8 Å². The highest BCUT2D eigenvalue weighted by Gasteiger charge is 2.12. The zero-order valence-electron chi connectivity index (χ0n) is 18.7. The molecule has 0 aliphatic carbocycles. The van der Waals surface area contributed by atoms with E-state index < -0.39 is 0 Å². The number of hydrogen-bond donors (Lipinski definition) is 2. The zero-order valence-corrected chi connectivity index (χ0v) is 18.7. The van der Waals surface area contributed by atoms with Crippen LogP contribution in [0.4, 0.5) is 11.4 Å². The second-order valence-electron chi connectivity index (χ2n) is 7.58. The van der Waals surface area contributed by atoms with Crippen molar-refractivity contribution in [2.45, 2.75) is 33.6 Å². The van der Waals surface area contributed by atoms with Gasteiger partial charge >= 0.3 is 0 Å². The molecule has 3 aromatic rings. The summed E-state index contributed by atoms with van der Waals surface area (Å²) >= 11 is 0. The standard InChI is InChI=1S/C27H30N2O2/c1-6-19-13-24(14-20(7-2)27(19)31-5)17(3)29-26-12-11-23(16-25(26)28)22-10-8-9-21(15-22)18(4)30/h8-16,29H,3,6-7,28H2,1-2,4-5H3. The molecule has 0 amide bonds. The van der Waals surface area contributed by atoms with E-state index in [1.807, 2.05) is 42.5 Å². The molecule has 0 spiro atoms. The first-order valence-corrected chi connectivity index (χ1v) is 10.5. The number of nitrogens with two attached hydrogens (primary N) is 1. The van der Waals surface area contributed by atoms with E-state index in [9.17, 15) is 4.79 Å². The van der Waals surface area contributed by atoms with Gasteiger partial charge in [0.25, 0.3) is 0 Å². The first-order chi connectivity index (χ1) is 14.9. The third kappa shape index (κ3) is 4.80. The molecule has 0 radical (unpaired) electrons. The van der Waals surface area contributed by atoms with E-state index in [0.29, 0.717) is 11.3 Å². The van der Waals surface area contributed by atoms with Gasteiger partial charge in [0, 0.05) is 11.3 Å². The molecule has 31 heavy (non-hydrogen) atoms. The fourth-order valence-corrected chi connectivity index (χ4v) is 3.72. The Balaban J connectivity index is 1.88. The minimum atomic E-state index is 0.0433. The maximum Gasteiger partial charge on any atom is 0.159 e. The summed E-state index contributed by atoms with van der Waals surface area (Å²) in [6.07, 6.45) is 1.76. The van der Waals surface area contributed by atoms with Crippen LogP contribution in [0, 0.1) is 0 Å². The van der Waals surface area contributed by atoms with Gasteiger partial charge in [-0.1, -0.05) is 44.7 Å². The SMILES string of the molecule is C=C(Nc1ccc(-c2cccc(C(C)=O)c2)cc1N)c1cc(CC)c(OC)c(CC)c1. The first-order valence-electron chi connectivity index (χ1n) is 10.5. The second-order valence-corrected chi connectivity index (χ2v) is 7.58. The Hall–Kier alpha value is -3.53. The summed E-state index contributed by atoms with van der Waals surface area (Å²) in [7, 11) is 1.72. The van der Waals surface area contributed by atoms with Gasteiger partial charge in [0.2, 0.25) is 0 Å². The van der Waals surface area contributed by atoms with Gasteiger partial charge in [-0.15, -0.1) is 0 Å². The lowest BCUT2D eigenvalue weighted by atomic mass is 9.98. The number of ketones is 1. The number of nitrogen functional groups attached to an aromatic ring is 1. The summed E-state index contributed by atoms with van der Waals surface area (Å²) in [5.74, 6) is 1.00. The van der Waals surface area contributed by atoms with Gasteiger partial charge in [0.1, 0.15) is 5.75 Å². The molecule has 0 saturated carbocycles. The maximum absolute atomic E-state index is 11.7. The van der Waals surface area contributed by atoms with Gasteiger partial charge in [-0.3, -0.25) is 4.79 Å². The van der Waals surface area contributed by atoms with Crippen molar-refractivity contribution >= 4 is 22.9 Å². The van der Waals surface area contributed by atoms with Crippen molar-refractivity contribution in [2.75, 3.05) is 18.2 Å². The van der Waals surface area contributed by atoms with E-state index in [0.717, 1.165) is 57.8 Å². The third-order valence-electron chi connectivity index (χ3n) is 5.50. The summed E-state index contributed by atoms with van der Waals surface area (Å²) < 4.78 is 5.62. The van der Waals surface area contributed by atoms with Crippen molar-refractivity contribution in [3.05, 3.63) is 83.4 Å². The maximum atomic E-state index is 11.7. The van der Waals surface area contributed by atoms with Crippen LogP contribution < -0.4 is 15.8 Å². The Morgan fingerprint density at radius 1 is 0.968 bits per heavy atom. The number of aryl methyl sites for hydroxylation is 2. The van der Waals surface area contributed by atoms with Gasteiger partial charge in [0.15, 0.2) is 5.78 Å². The van der Waals surface area contributed by atoms with Crippen LogP contribution >= 0.6 is 0 Å². The minimum absolute atomic E-state index is 0.0433. The van der Waals surface area contributed by atoms with Crippen LogP contribution in [0.3, 0.4) is 0 Å². The number of carbonyl (C=O) groups is 1. The molecule has 0 aromatic heterocycles. The first kappa shape index (κ1) is 22.2. The van der Waals surface area contributed by atoms with Crippen LogP contribution in [0.15, 0.2) is 61.2 Å². The lowest BCUT2D eigenvalue weighted by Gasteiger charge is -2.18. The van der Waals surface area contributed by atoms with Crippen molar-refractivity contribution in [2.24, 2.45) is 0 Å². The molecule has 160 valence electrons. The van der Waals surface area contributed by atoms with E-state index in [2.05, 4.69) is 37.9 Å². The third-order valence-corrected chi connectivity index (χ3v) is 5.50. The molecule has 0 aliphatic rings. The average molecular weight is 415 g/mol. The number of benzene rings is 3. The highest BCUT2D eigenvalue weighted by Crippen LogP contribution is 2.32. The predicted molar refractivity (Wildman–Crippen MR) is 131 cm³/mol. The Bertz CT molecular complexity index is 1110. The monoisotopic (exact) mass is 414 g/mol. The van der Waals surface area contributed by atoms with E-state index in [-0.39, 0.29) is 5.78 Å². The fourth-order valence-electron chi connectivity index (χ4n) is 3.72. The summed E-state index contributed by atoms with van der Waals surface area (Å²) in [5.41, 5.74) is 14.5. The molecule has 3 aromatic carbocycles. The molecule has 3 rings (SSSR count). The number of anilines is 2. The molecular formula is C27H30N2O2. The van der Waals surface area contributed by atoms with Crippen molar-refractivity contribution in [3.8, 4) is 16.9 Å². The Kier molecular flexibility index (Phi) is 6.81. The van der Waals surface area contributed by atoms with Gasteiger partial charge in [-0.25, -0.2) is 0 Å². The quantitative estimate of drug-likeness (QED) is 0.333. The minimum Gasteiger partial charge on any atom is -0.496 e. The molecule has 0 bridgehead atoms. The Labute approximate surface area is 184 Å². The van der Waals surface area contributed by atoms with Gasteiger partial charge in [0.05, 0.1) is 18.5 Å². The van der Waals surface area contributed by atoms with Crippen LogP contribution in [0.2, 0.25) is 0 Å². The van der Waals surface area contributed by atoms with Crippen molar-refractivity contribution < 1.29 is 9.53 Å². The predicted octanol–water partition coefficient (Wildman–Crippen LogP) is 6.35. The summed E-state index contributed by atoms with van der Waals surface area (Å²) in [4.78, 5) is 11.7. The molecule has 0 atom stereocenters. The number of hydrogen-bond acceptors (Lipinski definition) is 4. The lowest BCUT2D eigenvalue weighted by molar-refractivity contribution is 0.101. The van der Waals surface area contributed by atoms with Gasteiger partial charge in [-0.2, -0.15) is 0 Å². The number of nitrogens with one attached hydrogen (secondary N) is 1. The molecule has 3 N–H and O–H groups in total. The summed E-state index contributed by atoms with van der Waals surface area (Å²) in [6, 6.07) is 17.7. The molecule has 0 saturated heterocycles. The van der Waals surface area contributed by atoms with Crippen molar-refractivity contribution in [1.29, 1.82) is 0 Å². The number of methoxy groups -OCH3 is 1.